The molecule has 6 heteroatoms. The van der Waals surface area contributed by atoms with Gasteiger partial charge in [-0.15, -0.1) is 0 Å². The van der Waals surface area contributed by atoms with Crippen molar-refractivity contribution in [3.05, 3.63) is 58.9 Å². The molecule has 0 bridgehead atoms. The third-order valence-corrected chi connectivity index (χ3v) is 6.05. The van der Waals surface area contributed by atoms with Gasteiger partial charge in [0.25, 0.3) is 11.8 Å². The van der Waals surface area contributed by atoms with Crippen molar-refractivity contribution in [3.63, 3.8) is 0 Å². The summed E-state index contributed by atoms with van der Waals surface area (Å²) >= 11 is 0. The maximum Gasteiger partial charge on any atom is 0.270 e. The van der Waals surface area contributed by atoms with Gasteiger partial charge in [-0.3, -0.25) is 9.59 Å². The number of aromatic nitrogens is 1. The third kappa shape index (κ3) is 3.93. The number of likely N-dealkylation sites (tertiary alicyclic amines) is 1. The molecule has 2 aromatic rings. The van der Waals surface area contributed by atoms with E-state index in [4.69, 9.17) is 0 Å². The molecule has 29 heavy (non-hydrogen) atoms. The van der Waals surface area contributed by atoms with E-state index in [9.17, 15) is 14.0 Å². The highest BCUT2D eigenvalue weighted by molar-refractivity contribution is 6.01. The Morgan fingerprint density at radius 3 is 2.69 bits per heavy atom. The summed E-state index contributed by atoms with van der Waals surface area (Å²) in [7, 11) is 0. The minimum Gasteiger partial charge on any atom is -0.345 e. The lowest BCUT2D eigenvalue weighted by Gasteiger charge is -2.22. The number of carbonyl (C=O) groups excluding carboxylic acids is 2. The Balaban J connectivity index is 1.61. The number of hydrogen-bond donors (Lipinski definition) is 1. The SMILES string of the molecule is CCC(NC(=O)c1cc(C(=O)N2CCC(F)C2)n2c1CCCC2)c1ccccc1. The molecular weight excluding hydrogens is 369 g/mol. The highest BCUT2D eigenvalue weighted by Crippen LogP contribution is 2.27. The molecule has 2 unspecified atom stereocenters. The van der Waals surface area contributed by atoms with Crippen molar-refractivity contribution in [1.82, 2.24) is 14.8 Å². The monoisotopic (exact) mass is 397 g/mol. The summed E-state index contributed by atoms with van der Waals surface area (Å²) in [5.74, 6) is -0.308. The Morgan fingerprint density at radius 2 is 2.00 bits per heavy atom. The zero-order valence-electron chi connectivity index (χ0n) is 16.9. The topological polar surface area (TPSA) is 54.3 Å². The number of rotatable bonds is 5. The molecule has 0 saturated carbocycles. The fourth-order valence-corrected chi connectivity index (χ4v) is 4.46. The first kappa shape index (κ1) is 19.7. The summed E-state index contributed by atoms with van der Waals surface area (Å²) in [5, 5.41) is 3.14. The highest BCUT2D eigenvalue weighted by Gasteiger charge is 2.32. The smallest absolute Gasteiger partial charge is 0.270 e. The molecule has 1 aromatic carbocycles. The van der Waals surface area contributed by atoms with Gasteiger partial charge in [-0.1, -0.05) is 37.3 Å². The van der Waals surface area contributed by atoms with Gasteiger partial charge in [0.1, 0.15) is 11.9 Å². The van der Waals surface area contributed by atoms with Crippen LogP contribution in [-0.2, 0) is 13.0 Å². The first-order valence-electron chi connectivity index (χ1n) is 10.6. The number of nitrogens with one attached hydrogen (secondary N) is 1. The van der Waals surface area contributed by atoms with Crippen LogP contribution >= 0.6 is 0 Å². The first-order valence-corrected chi connectivity index (χ1v) is 10.6. The van der Waals surface area contributed by atoms with Crippen LogP contribution in [0.2, 0.25) is 0 Å². The molecule has 0 aliphatic carbocycles. The number of benzene rings is 1. The predicted molar refractivity (Wildman–Crippen MR) is 110 cm³/mol. The van der Waals surface area contributed by atoms with E-state index in [2.05, 4.69) is 5.32 Å². The van der Waals surface area contributed by atoms with Crippen molar-refractivity contribution in [3.8, 4) is 0 Å². The zero-order valence-corrected chi connectivity index (χ0v) is 16.9. The van der Waals surface area contributed by atoms with Crippen LogP contribution in [0.25, 0.3) is 0 Å². The van der Waals surface area contributed by atoms with E-state index in [1.54, 1.807) is 11.0 Å². The molecule has 2 amide bonds. The van der Waals surface area contributed by atoms with Crippen molar-refractivity contribution < 1.29 is 14.0 Å². The normalized spacial score (nSPS) is 19.7. The number of nitrogens with zero attached hydrogens (tertiary/aromatic N) is 2. The van der Waals surface area contributed by atoms with E-state index in [0.29, 0.717) is 24.2 Å². The summed E-state index contributed by atoms with van der Waals surface area (Å²) in [6.07, 6.45) is 2.99. The molecule has 0 radical (unpaired) electrons. The second-order valence-corrected chi connectivity index (χ2v) is 7.98. The van der Waals surface area contributed by atoms with Crippen molar-refractivity contribution in [2.45, 2.75) is 57.8 Å². The third-order valence-electron chi connectivity index (χ3n) is 6.05. The van der Waals surface area contributed by atoms with Gasteiger partial charge in [0.15, 0.2) is 0 Å². The number of fused-ring (bicyclic) bond motifs is 1. The Bertz CT molecular complexity index is 893. The summed E-state index contributed by atoms with van der Waals surface area (Å²) in [5.41, 5.74) is 3.10. The molecule has 2 aliphatic heterocycles. The van der Waals surface area contributed by atoms with Crippen LogP contribution in [0.3, 0.4) is 0 Å². The fourth-order valence-electron chi connectivity index (χ4n) is 4.46. The van der Waals surface area contributed by atoms with Gasteiger partial charge < -0.3 is 14.8 Å². The molecule has 5 nitrogen and oxygen atoms in total. The standard InChI is InChI=1S/C23H28FN3O2/c1-2-19(16-8-4-3-5-9-16)25-22(28)18-14-21(27-12-7-6-10-20(18)27)23(29)26-13-11-17(24)15-26/h3-5,8-9,14,17,19H,2,6-7,10-13,15H2,1H3,(H,25,28). The molecule has 1 N–H and O–H groups in total. The average Bonchev–Trinajstić information content (AvgIpc) is 3.36. The second kappa shape index (κ2) is 8.39. The molecule has 2 atom stereocenters. The lowest BCUT2D eigenvalue weighted by molar-refractivity contribution is 0.0770. The van der Waals surface area contributed by atoms with Crippen molar-refractivity contribution in [2.24, 2.45) is 0 Å². The first-order chi connectivity index (χ1) is 14.1. The number of carbonyl (C=O) groups is 2. The van der Waals surface area contributed by atoms with Gasteiger partial charge in [-0.05, 0) is 43.7 Å². The molecule has 3 heterocycles. The van der Waals surface area contributed by atoms with Gasteiger partial charge >= 0.3 is 0 Å². The molecule has 0 spiro atoms. The molecule has 1 fully saturated rings. The van der Waals surface area contributed by atoms with Gasteiger partial charge in [-0.2, -0.15) is 0 Å². The highest BCUT2D eigenvalue weighted by atomic mass is 19.1. The molecule has 154 valence electrons. The van der Waals surface area contributed by atoms with Crippen LogP contribution in [0.15, 0.2) is 36.4 Å². The van der Waals surface area contributed by atoms with Crippen LogP contribution in [0.1, 0.15) is 70.8 Å². The van der Waals surface area contributed by atoms with Crippen molar-refractivity contribution in [2.75, 3.05) is 13.1 Å². The lowest BCUT2D eigenvalue weighted by Crippen LogP contribution is -2.31. The van der Waals surface area contributed by atoms with Gasteiger partial charge in [0.2, 0.25) is 0 Å². The Morgan fingerprint density at radius 1 is 1.21 bits per heavy atom. The van der Waals surface area contributed by atoms with Crippen LogP contribution in [0, 0.1) is 0 Å². The minimum atomic E-state index is -0.950. The molecule has 1 aromatic heterocycles. The summed E-state index contributed by atoms with van der Waals surface area (Å²) in [6, 6.07) is 11.6. The van der Waals surface area contributed by atoms with Crippen molar-refractivity contribution in [1.29, 1.82) is 0 Å². The summed E-state index contributed by atoms with van der Waals surface area (Å²) < 4.78 is 15.6. The van der Waals surface area contributed by atoms with Gasteiger partial charge in [0.05, 0.1) is 18.2 Å². The predicted octanol–water partition coefficient (Wildman–Crippen LogP) is 3.89. The van der Waals surface area contributed by atoms with Gasteiger partial charge in [-0.25, -0.2) is 4.39 Å². The van der Waals surface area contributed by atoms with E-state index < -0.39 is 6.17 Å². The molecular formula is C23H28FN3O2. The minimum absolute atomic E-state index is 0.0760. The van der Waals surface area contributed by atoms with E-state index in [-0.39, 0.29) is 24.4 Å². The van der Waals surface area contributed by atoms with E-state index >= 15 is 0 Å². The van der Waals surface area contributed by atoms with Crippen LogP contribution in [0.5, 0.6) is 0 Å². The maximum atomic E-state index is 13.6. The quantitative estimate of drug-likeness (QED) is 0.832. The lowest BCUT2D eigenvalue weighted by atomic mass is 10.0. The van der Waals surface area contributed by atoms with Crippen LogP contribution < -0.4 is 5.32 Å². The Labute approximate surface area is 170 Å². The van der Waals surface area contributed by atoms with E-state index in [1.165, 1.54) is 0 Å². The number of halogens is 1. The number of hydrogen-bond acceptors (Lipinski definition) is 2. The maximum absolute atomic E-state index is 13.6. The van der Waals surface area contributed by atoms with Crippen LogP contribution in [0.4, 0.5) is 4.39 Å². The number of alkyl halides is 1. The average molecular weight is 397 g/mol. The van der Waals surface area contributed by atoms with E-state index in [0.717, 1.165) is 43.5 Å². The Kier molecular flexibility index (Phi) is 5.69. The van der Waals surface area contributed by atoms with E-state index in [1.807, 2.05) is 41.8 Å². The largest absolute Gasteiger partial charge is 0.345 e. The summed E-state index contributed by atoms with van der Waals surface area (Å²) in [4.78, 5) is 27.7. The Hall–Kier alpha value is -2.63. The molecule has 1 saturated heterocycles. The second-order valence-electron chi connectivity index (χ2n) is 7.98. The van der Waals surface area contributed by atoms with Crippen LogP contribution in [-0.4, -0.2) is 40.5 Å². The van der Waals surface area contributed by atoms with Gasteiger partial charge in [0, 0.05) is 18.8 Å². The van der Waals surface area contributed by atoms with Crippen molar-refractivity contribution >= 4 is 11.8 Å². The zero-order chi connectivity index (χ0) is 20.4. The fraction of sp³-hybridized carbons (Fsp3) is 0.478. The number of amides is 2. The molecule has 4 rings (SSSR count). The molecule has 2 aliphatic rings. The summed E-state index contributed by atoms with van der Waals surface area (Å²) in [6.45, 7) is 3.36.